The first-order valence-electron chi connectivity index (χ1n) is 9.70. The first-order valence-corrected chi connectivity index (χ1v) is 11.1. The molecule has 8 nitrogen and oxygen atoms in total. The average molecular weight is 469 g/mol. The lowest BCUT2D eigenvalue weighted by atomic mass is 10.2. The first kappa shape index (κ1) is 20.5. The average Bonchev–Trinajstić information content (AvgIpc) is 3.57. The molecule has 0 spiro atoms. The van der Waals surface area contributed by atoms with Gasteiger partial charge in [-0.25, -0.2) is 0 Å². The molecule has 0 atom stereocenters. The molecule has 0 saturated heterocycles. The predicted molar refractivity (Wildman–Crippen MR) is 119 cm³/mol. The number of ether oxygens (including phenoxy) is 2. The van der Waals surface area contributed by atoms with Crippen molar-refractivity contribution in [2.45, 2.75) is 11.7 Å². The van der Waals surface area contributed by atoms with Gasteiger partial charge in [0.2, 0.25) is 18.5 Å². The summed E-state index contributed by atoms with van der Waals surface area (Å²) in [4.78, 5) is 12.5. The third-order valence-electron chi connectivity index (χ3n) is 4.72. The number of hydrogen-bond donors (Lipinski definition) is 1. The standard InChI is InChI=1S/C22H17ClN4O4S/c23-15-4-6-16(7-5-15)27-21(18-2-1-9-29-18)25-26-22(27)32-12-20(28)24-11-14-3-8-17-19(10-14)31-13-30-17/h1-10H,11-13H2,(H,24,28). The van der Waals surface area contributed by atoms with Crippen molar-refractivity contribution in [2.24, 2.45) is 0 Å². The summed E-state index contributed by atoms with van der Waals surface area (Å²) < 4.78 is 18.0. The van der Waals surface area contributed by atoms with Crippen LogP contribution in [0.2, 0.25) is 5.02 Å². The van der Waals surface area contributed by atoms with Crippen LogP contribution in [0.3, 0.4) is 0 Å². The van der Waals surface area contributed by atoms with Crippen LogP contribution in [0.25, 0.3) is 17.3 Å². The van der Waals surface area contributed by atoms with E-state index in [-0.39, 0.29) is 18.5 Å². The number of halogens is 1. The number of nitrogens with zero attached hydrogens (tertiary/aromatic N) is 3. The zero-order valence-corrected chi connectivity index (χ0v) is 18.2. The molecule has 0 bridgehead atoms. The predicted octanol–water partition coefficient (Wildman–Crippen LogP) is 4.32. The van der Waals surface area contributed by atoms with Gasteiger partial charge in [-0.2, -0.15) is 0 Å². The lowest BCUT2D eigenvalue weighted by Gasteiger charge is -2.10. The molecule has 2 aromatic heterocycles. The van der Waals surface area contributed by atoms with E-state index in [0.29, 0.717) is 39.8 Å². The van der Waals surface area contributed by atoms with E-state index < -0.39 is 0 Å². The highest BCUT2D eigenvalue weighted by Gasteiger charge is 2.19. The smallest absolute Gasteiger partial charge is 0.231 e. The third-order valence-corrected chi connectivity index (χ3v) is 5.90. The minimum Gasteiger partial charge on any atom is -0.461 e. The Morgan fingerprint density at radius 3 is 2.75 bits per heavy atom. The number of thioether (sulfide) groups is 1. The topological polar surface area (TPSA) is 91.4 Å². The van der Waals surface area contributed by atoms with Crippen LogP contribution >= 0.6 is 23.4 Å². The summed E-state index contributed by atoms with van der Waals surface area (Å²) in [6, 6.07) is 16.5. The van der Waals surface area contributed by atoms with E-state index >= 15 is 0 Å². The summed E-state index contributed by atoms with van der Waals surface area (Å²) in [6.45, 7) is 0.605. The summed E-state index contributed by atoms with van der Waals surface area (Å²) in [6.07, 6.45) is 1.58. The Kier molecular flexibility index (Phi) is 5.74. The van der Waals surface area contributed by atoms with Gasteiger partial charge in [0.25, 0.3) is 0 Å². The van der Waals surface area contributed by atoms with Gasteiger partial charge >= 0.3 is 0 Å². The molecule has 0 radical (unpaired) electrons. The molecule has 0 saturated carbocycles. The molecule has 1 aliphatic rings. The molecule has 32 heavy (non-hydrogen) atoms. The number of aromatic nitrogens is 3. The van der Waals surface area contributed by atoms with Crippen molar-refractivity contribution in [2.75, 3.05) is 12.5 Å². The third kappa shape index (κ3) is 4.30. The van der Waals surface area contributed by atoms with Gasteiger partial charge in [0, 0.05) is 17.3 Å². The minimum atomic E-state index is -0.127. The Morgan fingerprint density at radius 2 is 1.94 bits per heavy atom. The Balaban J connectivity index is 1.28. The fourth-order valence-electron chi connectivity index (χ4n) is 3.18. The molecule has 4 aromatic rings. The Hall–Kier alpha value is -3.43. The lowest BCUT2D eigenvalue weighted by Crippen LogP contribution is -2.24. The highest BCUT2D eigenvalue weighted by Crippen LogP contribution is 2.32. The van der Waals surface area contributed by atoms with E-state index in [4.69, 9.17) is 25.5 Å². The van der Waals surface area contributed by atoms with Crippen molar-refractivity contribution < 1.29 is 18.7 Å². The van der Waals surface area contributed by atoms with Crippen molar-refractivity contribution in [3.63, 3.8) is 0 Å². The lowest BCUT2D eigenvalue weighted by molar-refractivity contribution is -0.118. The number of furan rings is 1. The van der Waals surface area contributed by atoms with Crippen LogP contribution in [0.5, 0.6) is 11.5 Å². The van der Waals surface area contributed by atoms with Gasteiger partial charge < -0.3 is 19.2 Å². The van der Waals surface area contributed by atoms with Crippen LogP contribution in [-0.2, 0) is 11.3 Å². The van der Waals surface area contributed by atoms with E-state index in [9.17, 15) is 4.79 Å². The van der Waals surface area contributed by atoms with E-state index in [1.807, 2.05) is 41.0 Å². The van der Waals surface area contributed by atoms with Crippen LogP contribution in [0, 0.1) is 0 Å². The Labute approximate surface area is 192 Å². The second-order valence-electron chi connectivity index (χ2n) is 6.85. The van der Waals surface area contributed by atoms with E-state index in [1.54, 1.807) is 24.5 Å². The molecule has 10 heteroatoms. The maximum absolute atomic E-state index is 12.5. The number of fused-ring (bicyclic) bond motifs is 1. The zero-order valence-electron chi connectivity index (χ0n) is 16.7. The summed E-state index contributed by atoms with van der Waals surface area (Å²) in [5.74, 6) is 2.57. The molecular weight excluding hydrogens is 452 g/mol. The van der Waals surface area contributed by atoms with Crippen LogP contribution in [-0.4, -0.2) is 33.2 Å². The van der Waals surface area contributed by atoms with Crippen LogP contribution in [0.1, 0.15) is 5.56 Å². The van der Waals surface area contributed by atoms with Gasteiger partial charge in [0.1, 0.15) is 0 Å². The number of hydrogen-bond acceptors (Lipinski definition) is 7. The van der Waals surface area contributed by atoms with Gasteiger partial charge in [-0.3, -0.25) is 9.36 Å². The monoisotopic (exact) mass is 468 g/mol. The van der Waals surface area contributed by atoms with Gasteiger partial charge in [-0.05, 0) is 54.1 Å². The molecule has 2 aromatic carbocycles. The van der Waals surface area contributed by atoms with Gasteiger partial charge in [-0.1, -0.05) is 29.4 Å². The second-order valence-corrected chi connectivity index (χ2v) is 8.23. The normalized spacial score (nSPS) is 12.2. The summed E-state index contributed by atoms with van der Waals surface area (Å²) in [5.41, 5.74) is 1.74. The minimum absolute atomic E-state index is 0.127. The molecule has 5 rings (SSSR count). The van der Waals surface area contributed by atoms with E-state index in [2.05, 4.69) is 15.5 Å². The molecule has 1 aliphatic heterocycles. The van der Waals surface area contributed by atoms with Crippen LogP contribution < -0.4 is 14.8 Å². The van der Waals surface area contributed by atoms with Crippen molar-refractivity contribution in [1.29, 1.82) is 0 Å². The maximum Gasteiger partial charge on any atom is 0.231 e. The summed E-state index contributed by atoms with van der Waals surface area (Å²) >= 11 is 7.32. The highest BCUT2D eigenvalue weighted by molar-refractivity contribution is 7.99. The van der Waals surface area contributed by atoms with Gasteiger partial charge in [0.15, 0.2) is 22.4 Å². The number of carbonyl (C=O) groups excluding carboxylic acids is 1. The first-order chi connectivity index (χ1) is 15.7. The highest BCUT2D eigenvalue weighted by atomic mass is 35.5. The van der Waals surface area contributed by atoms with Crippen molar-refractivity contribution in [3.05, 3.63) is 71.4 Å². The zero-order chi connectivity index (χ0) is 21.9. The SMILES string of the molecule is O=C(CSc1nnc(-c2ccco2)n1-c1ccc(Cl)cc1)NCc1ccc2c(c1)OCO2. The number of amides is 1. The molecule has 3 heterocycles. The molecule has 0 unspecified atom stereocenters. The Bertz CT molecular complexity index is 1240. The molecule has 1 amide bonds. The maximum atomic E-state index is 12.5. The summed E-state index contributed by atoms with van der Waals surface area (Å²) in [7, 11) is 0. The fraction of sp³-hybridized carbons (Fsp3) is 0.136. The largest absolute Gasteiger partial charge is 0.461 e. The van der Waals surface area contributed by atoms with Crippen molar-refractivity contribution >= 4 is 29.3 Å². The molecule has 0 fully saturated rings. The Morgan fingerprint density at radius 1 is 1.09 bits per heavy atom. The number of rotatable bonds is 7. The number of carbonyl (C=O) groups is 1. The van der Waals surface area contributed by atoms with Gasteiger partial charge in [0.05, 0.1) is 12.0 Å². The second kappa shape index (κ2) is 8.97. The van der Waals surface area contributed by atoms with E-state index in [0.717, 1.165) is 11.3 Å². The van der Waals surface area contributed by atoms with Crippen LogP contribution in [0.15, 0.2) is 70.4 Å². The fourth-order valence-corrected chi connectivity index (χ4v) is 4.09. The van der Waals surface area contributed by atoms with Crippen molar-refractivity contribution in [3.8, 4) is 28.8 Å². The molecule has 0 aliphatic carbocycles. The quantitative estimate of drug-likeness (QED) is 0.404. The van der Waals surface area contributed by atoms with Crippen molar-refractivity contribution in [1.82, 2.24) is 20.1 Å². The number of benzene rings is 2. The van der Waals surface area contributed by atoms with Gasteiger partial charge in [-0.15, -0.1) is 10.2 Å². The van der Waals surface area contributed by atoms with E-state index in [1.165, 1.54) is 11.8 Å². The summed E-state index contributed by atoms with van der Waals surface area (Å²) in [5, 5.41) is 12.6. The molecular formula is C22H17ClN4O4S. The van der Waals surface area contributed by atoms with Crippen LogP contribution in [0.4, 0.5) is 0 Å². The number of nitrogens with one attached hydrogen (secondary N) is 1. The molecule has 162 valence electrons. The molecule has 1 N–H and O–H groups in total.